The Morgan fingerprint density at radius 3 is 1.77 bits per heavy atom. The average molecular weight is 546 g/mol. The van der Waals surface area contributed by atoms with E-state index in [1.807, 2.05) is 48.5 Å². The van der Waals surface area contributed by atoms with Crippen LogP contribution in [-0.2, 0) is 32.2 Å². The SMILES string of the molecule is COc1ccc(CN2CC(C(=O)N(C)OC)OC2=O)cc1.COc1ccc(CN2CC(C(C)O)OC2=O)cc1. The molecule has 2 aliphatic rings. The first-order valence-electron chi connectivity index (χ1n) is 12.3. The van der Waals surface area contributed by atoms with Crippen LogP contribution in [0.1, 0.15) is 18.1 Å². The van der Waals surface area contributed by atoms with E-state index in [2.05, 4.69) is 0 Å². The first-order valence-corrected chi connectivity index (χ1v) is 12.3. The summed E-state index contributed by atoms with van der Waals surface area (Å²) in [5.74, 6) is 1.14. The van der Waals surface area contributed by atoms with Crippen molar-refractivity contribution in [1.29, 1.82) is 0 Å². The van der Waals surface area contributed by atoms with Gasteiger partial charge in [-0.1, -0.05) is 24.3 Å². The van der Waals surface area contributed by atoms with Gasteiger partial charge in [0, 0.05) is 20.1 Å². The molecule has 2 heterocycles. The molecule has 2 saturated heterocycles. The highest BCUT2D eigenvalue weighted by Crippen LogP contribution is 2.20. The van der Waals surface area contributed by atoms with E-state index < -0.39 is 24.4 Å². The second-order valence-corrected chi connectivity index (χ2v) is 9.01. The van der Waals surface area contributed by atoms with Crippen molar-refractivity contribution in [3.63, 3.8) is 0 Å². The number of hydroxylamine groups is 2. The minimum absolute atomic E-state index is 0.206. The van der Waals surface area contributed by atoms with Gasteiger partial charge in [-0.15, -0.1) is 0 Å². The number of aliphatic hydroxyl groups is 1. The van der Waals surface area contributed by atoms with Crippen LogP contribution in [0.3, 0.4) is 0 Å². The molecule has 2 aromatic carbocycles. The predicted octanol–water partition coefficient (Wildman–Crippen LogP) is 2.43. The zero-order valence-corrected chi connectivity index (χ0v) is 22.7. The Morgan fingerprint density at radius 2 is 1.36 bits per heavy atom. The number of carbonyl (C=O) groups is 3. The second kappa shape index (κ2) is 13.7. The summed E-state index contributed by atoms with van der Waals surface area (Å²) in [5, 5.41) is 10.5. The number of rotatable bonds is 9. The molecule has 2 aromatic rings. The fourth-order valence-electron chi connectivity index (χ4n) is 3.87. The molecule has 0 aromatic heterocycles. The third-order valence-electron chi connectivity index (χ3n) is 6.26. The minimum atomic E-state index is -0.833. The maximum atomic E-state index is 11.9. The van der Waals surface area contributed by atoms with Crippen LogP contribution in [0.4, 0.5) is 9.59 Å². The first-order chi connectivity index (χ1) is 18.6. The minimum Gasteiger partial charge on any atom is -0.497 e. The number of methoxy groups -OCH3 is 2. The van der Waals surface area contributed by atoms with Gasteiger partial charge in [0.25, 0.3) is 5.91 Å². The average Bonchev–Trinajstić information content (AvgIpc) is 3.50. The maximum absolute atomic E-state index is 11.9. The Bertz CT molecular complexity index is 1110. The van der Waals surface area contributed by atoms with E-state index in [9.17, 15) is 19.5 Å². The molecule has 0 aliphatic carbocycles. The van der Waals surface area contributed by atoms with Crippen LogP contribution in [0.15, 0.2) is 48.5 Å². The van der Waals surface area contributed by atoms with Crippen molar-refractivity contribution in [2.24, 2.45) is 0 Å². The van der Waals surface area contributed by atoms with Crippen LogP contribution in [0.25, 0.3) is 0 Å². The summed E-state index contributed by atoms with van der Waals surface area (Å²) in [6.07, 6.45) is -2.79. The van der Waals surface area contributed by atoms with Crippen molar-refractivity contribution in [2.75, 3.05) is 41.5 Å². The van der Waals surface area contributed by atoms with E-state index in [0.717, 1.165) is 27.7 Å². The van der Waals surface area contributed by atoms with Gasteiger partial charge in [-0.05, 0) is 42.3 Å². The quantitative estimate of drug-likeness (QED) is 0.473. The molecule has 3 unspecified atom stereocenters. The van der Waals surface area contributed by atoms with Crippen LogP contribution in [0.5, 0.6) is 11.5 Å². The number of nitrogens with zero attached hydrogens (tertiary/aromatic N) is 3. The number of aliphatic hydroxyl groups excluding tert-OH is 1. The molecule has 3 amide bonds. The summed E-state index contributed by atoms with van der Waals surface area (Å²) in [5.41, 5.74) is 1.93. The van der Waals surface area contributed by atoms with Crippen LogP contribution in [0.2, 0.25) is 0 Å². The van der Waals surface area contributed by atoms with Gasteiger partial charge >= 0.3 is 12.2 Å². The number of ether oxygens (including phenoxy) is 4. The Balaban J connectivity index is 0.000000218. The molecule has 2 aliphatic heterocycles. The van der Waals surface area contributed by atoms with Crippen LogP contribution in [0, 0.1) is 0 Å². The summed E-state index contributed by atoms with van der Waals surface area (Å²) in [6.45, 7) is 3.10. The van der Waals surface area contributed by atoms with Gasteiger partial charge in [0.15, 0.2) is 0 Å². The number of cyclic esters (lactones) is 2. The fourth-order valence-corrected chi connectivity index (χ4v) is 3.87. The lowest BCUT2D eigenvalue weighted by atomic mass is 10.2. The molecule has 0 radical (unpaired) electrons. The highest BCUT2D eigenvalue weighted by molar-refractivity contribution is 5.85. The second-order valence-electron chi connectivity index (χ2n) is 9.01. The molecule has 12 nitrogen and oxygen atoms in total. The van der Waals surface area contributed by atoms with E-state index in [0.29, 0.717) is 19.6 Å². The third-order valence-corrected chi connectivity index (χ3v) is 6.26. The lowest BCUT2D eigenvalue weighted by molar-refractivity contribution is -0.176. The van der Waals surface area contributed by atoms with Gasteiger partial charge in [0.2, 0.25) is 6.10 Å². The topological polar surface area (TPSA) is 127 Å². The first kappa shape index (κ1) is 29.5. The Hall–Kier alpha value is -4.03. The highest BCUT2D eigenvalue weighted by Gasteiger charge is 2.38. The zero-order chi connectivity index (χ0) is 28.5. The Labute approximate surface area is 227 Å². The van der Waals surface area contributed by atoms with Gasteiger partial charge in [0.05, 0.1) is 40.5 Å². The molecular formula is C27H35N3O9. The van der Waals surface area contributed by atoms with E-state index in [4.69, 9.17) is 23.8 Å². The lowest BCUT2D eigenvalue weighted by Gasteiger charge is -2.17. The van der Waals surface area contributed by atoms with Crippen LogP contribution in [-0.4, -0.2) is 97.8 Å². The standard InChI is InChI=1S/C14H18N2O5.C13H17NO4/c1-15(20-3)13(17)12-9-16(14(18)21-12)8-10-4-6-11(19-2)7-5-10;1-9(15)12-8-14(13(16)18-12)7-10-3-5-11(17-2)6-4-10/h4-7,12H,8-9H2,1-3H3;3-6,9,12,15H,7-8H2,1-2H3. The maximum Gasteiger partial charge on any atom is 0.411 e. The van der Waals surface area contributed by atoms with Gasteiger partial charge < -0.3 is 29.0 Å². The zero-order valence-electron chi connectivity index (χ0n) is 22.7. The molecule has 3 atom stereocenters. The van der Waals surface area contributed by atoms with Crippen LogP contribution < -0.4 is 9.47 Å². The van der Waals surface area contributed by atoms with Gasteiger partial charge in [-0.3, -0.25) is 14.5 Å². The summed E-state index contributed by atoms with van der Waals surface area (Å²) in [6, 6.07) is 14.9. The molecule has 2 fully saturated rings. The van der Waals surface area contributed by atoms with Crippen molar-refractivity contribution < 1.29 is 43.3 Å². The van der Waals surface area contributed by atoms with Gasteiger partial charge in [-0.25, -0.2) is 14.7 Å². The van der Waals surface area contributed by atoms with Crippen molar-refractivity contribution in [1.82, 2.24) is 14.9 Å². The van der Waals surface area contributed by atoms with E-state index in [1.54, 1.807) is 26.0 Å². The molecule has 39 heavy (non-hydrogen) atoms. The van der Waals surface area contributed by atoms with Crippen molar-refractivity contribution in [2.45, 2.75) is 38.3 Å². The van der Waals surface area contributed by atoms with Crippen molar-refractivity contribution in [3.05, 3.63) is 59.7 Å². The van der Waals surface area contributed by atoms with Gasteiger partial charge in [0.1, 0.15) is 17.6 Å². The molecule has 12 heteroatoms. The Kier molecular flexibility index (Phi) is 10.4. The number of benzene rings is 2. The number of carbonyl (C=O) groups excluding carboxylic acids is 3. The summed E-state index contributed by atoms with van der Waals surface area (Å²) >= 11 is 0. The number of hydrogen-bond acceptors (Lipinski definition) is 9. The van der Waals surface area contributed by atoms with Crippen molar-refractivity contribution in [3.8, 4) is 11.5 Å². The number of likely N-dealkylation sites (N-methyl/N-ethyl adjacent to an activating group) is 1. The number of hydrogen-bond donors (Lipinski definition) is 1. The largest absolute Gasteiger partial charge is 0.497 e. The molecule has 1 N–H and O–H groups in total. The smallest absolute Gasteiger partial charge is 0.411 e. The van der Waals surface area contributed by atoms with Gasteiger partial charge in [-0.2, -0.15) is 0 Å². The van der Waals surface area contributed by atoms with Crippen molar-refractivity contribution >= 4 is 18.1 Å². The van der Waals surface area contributed by atoms with E-state index in [1.165, 1.54) is 19.1 Å². The molecule has 0 spiro atoms. The normalized spacial score (nSPS) is 19.0. The summed E-state index contributed by atoms with van der Waals surface area (Å²) in [7, 11) is 6.06. The lowest BCUT2D eigenvalue weighted by Crippen LogP contribution is -2.38. The number of amides is 3. The Morgan fingerprint density at radius 1 is 0.897 bits per heavy atom. The fraction of sp³-hybridized carbons (Fsp3) is 0.444. The molecule has 212 valence electrons. The summed E-state index contributed by atoms with van der Waals surface area (Å²) < 4.78 is 20.3. The molecule has 0 saturated carbocycles. The van der Waals surface area contributed by atoms with E-state index in [-0.39, 0.29) is 18.5 Å². The predicted molar refractivity (Wildman–Crippen MR) is 139 cm³/mol. The summed E-state index contributed by atoms with van der Waals surface area (Å²) in [4.78, 5) is 43.1. The highest BCUT2D eigenvalue weighted by atomic mass is 16.7. The molecule has 4 rings (SSSR count). The van der Waals surface area contributed by atoms with Crippen LogP contribution >= 0.6 is 0 Å². The molecular weight excluding hydrogens is 510 g/mol. The third kappa shape index (κ3) is 7.98. The monoisotopic (exact) mass is 545 g/mol. The van der Waals surface area contributed by atoms with E-state index >= 15 is 0 Å². The molecule has 0 bridgehead atoms.